The van der Waals surface area contributed by atoms with Crippen LogP contribution in [0.25, 0.3) is 0 Å². The molecular formula is C23H39N7O4S2. The Morgan fingerprint density at radius 3 is 1.94 bits per heavy atom. The fourth-order valence-corrected chi connectivity index (χ4v) is 8.58. The molecule has 0 radical (unpaired) electrons. The van der Waals surface area contributed by atoms with Gasteiger partial charge in [0, 0.05) is 26.2 Å². The molecule has 2 aliphatic rings. The Balaban J connectivity index is 2.39. The van der Waals surface area contributed by atoms with Crippen molar-refractivity contribution in [1.82, 2.24) is 8.61 Å². The van der Waals surface area contributed by atoms with Gasteiger partial charge in [-0.2, -0.15) is 13.6 Å². The zero-order chi connectivity index (χ0) is 26.9. The Bertz CT molecular complexity index is 1250. The Morgan fingerprint density at radius 1 is 0.889 bits per heavy atom. The molecule has 3 rings (SSSR count). The average Bonchev–Trinajstić information content (AvgIpc) is 2.81. The van der Waals surface area contributed by atoms with E-state index in [1.54, 1.807) is 39.5 Å². The largest absolute Gasteiger partial charge is 0.369 e. The van der Waals surface area contributed by atoms with Gasteiger partial charge >= 0.3 is 0 Å². The van der Waals surface area contributed by atoms with Crippen LogP contribution in [0.5, 0.6) is 0 Å². The third-order valence-electron chi connectivity index (χ3n) is 6.98. The van der Waals surface area contributed by atoms with Crippen molar-refractivity contribution in [2.45, 2.75) is 82.2 Å². The first-order valence-electron chi connectivity index (χ1n) is 12.5. The minimum Gasteiger partial charge on any atom is -0.369 e. The van der Waals surface area contributed by atoms with Gasteiger partial charge in [-0.05, 0) is 50.3 Å². The molecule has 1 fully saturated rings. The van der Waals surface area contributed by atoms with Gasteiger partial charge in [0.15, 0.2) is 0 Å². The summed E-state index contributed by atoms with van der Waals surface area (Å²) < 4.78 is 57.5. The van der Waals surface area contributed by atoms with Crippen molar-refractivity contribution in [3.05, 3.63) is 17.7 Å². The molecule has 0 atom stereocenters. The van der Waals surface area contributed by atoms with E-state index in [1.807, 2.05) is 0 Å². The van der Waals surface area contributed by atoms with E-state index in [1.165, 1.54) is 20.7 Å². The van der Waals surface area contributed by atoms with Crippen molar-refractivity contribution in [2.24, 2.45) is 21.5 Å². The molecule has 1 heterocycles. The van der Waals surface area contributed by atoms with Crippen molar-refractivity contribution in [2.75, 3.05) is 31.1 Å². The molecule has 11 nitrogen and oxygen atoms in total. The summed E-state index contributed by atoms with van der Waals surface area (Å²) >= 11 is 0. The molecule has 202 valence electrons. The topological polar surface area (TPSA) is 155 Å². The Kier molecular flexibility index (Phi) is 8.38. The maximum atomic E-state index is 14.0. The maximum absolute atomic E-state index is 14.0. The van der Waals surface area contributed by atoms with E-state index < -0.39 is 25.7 Å². The number of nitrogens with zero attached hydrogens (tertiary/aromatic N) is 5. The number of hydrogen-bond donors (Lipinski definition) is 2. The van der Waals surface area contributed by atoms with Crippen molar-refractivity contribution in [1.29, 1.82) is 0 Å². The van der Waals surface area contributed by atoms with E-state index in [2.05, 4.69) is 9.98 Å². The molecule has 0 bridgehead atoms. The van der Waals surface area contributed by atoms with Crippen LogP contribution in [0.1, 0.15) is 65.4 Å². The van der Waals surface area contributed by atoms with Crippen LogP contribution in [0.2, 0.25) is 0 Å². The molecule has 1 aliphatic heterocycles. The quantitative estimate of drug-likeness (QED) is 0.485. The van der Waals surface area contributed by atoms with Crippen molar-refractivity contribution in [3.8, 4) is 0 Å². The van der Waals surface area contributed by atoms with Crippen LogP contribution in [0.15, 0.2) is 31.9 Å². The van der Waals surface area contributed by atoms with Gasteiger partial charge < -0.3 is 11.5 Å². The molecule has 0 aromatic heterocycles. The number of guanidine groups is 2. The molecule has 36 heavy (non-hydrogen) atoms. The van der Waals surface area contributed by atoms with Gasteiger partial charge in [-0.25, -0.2) is 21.8 Å². The van der Waals surface area contributed by atoms with Crippen molar-refractivity contribution in [3.63, 3.8) is 0 Å². The van der Waals surface area contributed by atoms with Crippen LogP contribution in [0, 0.1) is 6.92 Å². The first-order chi connectivity index (χ1) is 16.9. The molecule has 1 spiro atoms. The summed E-state index contributed by atoms with van der Waals surface area (Å²) in [6.07, 6.45) is 3.99. The third-order valence-corrected chi connectivity index (χ3v) is 11.1. The van der Waals surface area contributed by atoms with Crippen molar-refractivity contribution >= 4 is 37.7 Å². The molecule has 0 amide bonds. The van der Waals surface area contributed by atoms with E-state index in [4.69, 9.17) is 11.5 Å². The van der Waals surface area contributed by atoms with E-state index >= 15 is 0 Å². The molecule has 1 saturated carbocycles. The molecular weight excluding hydrogens is 502 g/mol. The van der Waals surface area contributed by atoms with E-state index in [-0.39, 0.29) is 47.9 Å². The van der Waals surface area contributed by atoms with E-state index in [9.17, 15) is 16.8 Å². The highest BCUT2D eigenvalue weighted by molar-refractivity contribution is 7.90. The zero-order valence-corrected chi connectivity index (χ0v) is 23.5. The molecule has 1 aromatic carbocycles. The van der Waals surface area contributed by atoms with Crippen LogP contribution in [-0.2, 0) is 20.0 Å². The van der Waals surface area contributed by atoms with Crippen LogP contribution in [-0.4, -0.2) is 69.2 Å². The monoisotopic (exact) mass is 541 g/mol. The molecule has 0 saturated heterocycles. The van der Waals surface area contributed by atoms with Gasteiger partial charge in [0.2, 0.25) is 32.0 Å². The van der Waals surface area contributed by atoms with Gasteiger partial charge in [-0.15, -0.1) is 0 Å². The second kappa shape index (κ2) is 10.6. The van der Waals surface area contributed by atoms with E-state index in [0.29, 0.717) is 24.1 Å². The highest BCUT2D eigenvalue weighted by Crippen LogP contribution is 2.44. The Labute approximate surface area is 215 Å². The van der Waals surface area contributed by atoms with Crippen LogP contribution in [0.3, 0.4) is 0 Å². The SMILES string of the molecule is CCN(CC)S(=O)(=O)c1cc(C)c(N2C(N)=NC(N)=NC23CCCCC3)c(S(=O)(=O)N(CC)CC)c1. The molecule has 4 N–H and O–H groups in total. The normalized spacial score (nSPS) is 18.6. The number of aryl methyl sites for hydroxylation is 1. The number of aliphatic imine (C=N–C) groups is 2. The minimum atomic E-state index is -4.10. The number of hydrogen-bond acceptors (Lipinski definition) is 9. The summed E-state index contributed by atoms with van der Waals surface area (Å²) in [5, 5.41) is 0. The van der Waals surface area contributed by atoms with Crippen LogP contribution in [0.4, 0.5) is 5.69 Å². The number of nitrogens with two attached hydrogens (primary N) is 2. The van der Waals surface area contributed by atoms with Crippen LogP contribution < -0.4 is 16.4 Å². The van der Waals surface area contributed by atoms with E-state index in [0.717, 1.165) is 19.3 Å². The molecule has 13 heteroatoms. The number of rotatable bonds is 9. The fraction of sp³-hybridized carbons (Fsp3) is 0.652. The van der Waals surface area contributed by atoms with Crippen molar-refractivity contribution < 1.29 is 16.8 Å². The lowest BCUT2D eigenvalue weighted by Crippen LogP contribution is -2.59. The summed E-state index contributed by atoms with van der Waals surface area (Å²) in [7, 11) is -8.03. The second-order valence-corrected chi connectivity index (χ2v) is 12.9. The average molecular weight is 542 g/mol. The third kappa shape index (κ3) is 4.85. The Hall–Kier alpha value is -2.22. The summed E-state index contributed by atoms with van der Waals surface area (Å²) in [4.78, 5) is 10.3. The smallest absolute Gasteiger partial charge is 0.245 e. The number of sulfonamides is 2. The molecule has 1 aromatic rings. The van der Waals surface area contributed by atoms with Gasteiger partial charge in [0.25, 0.3) is 0 Å². The minimum absolute atomic E-state index is 0.0443. The lowest BCUT2D eigenvalue weighted by atomic mass is 9.87. The fourth-order valence-electron chi connectivity index (χ4n) is 5.21. The predicted octanol–water partition coefficient (Wildman–Crippen LogP) is 2.17. The lowest BCUT2D eigenvalue weighted by molar-refractivity contribution is 0.304. The lowest BCUT2D eigenvalue weighted by Gasteiger charge is -2.46. The predicted molar refractivity (Wildman–Crippen MR) is 143 cm³/mol. The molecule has 1 aliphatic carbocycles. The highest BCUT2D eigenvalue weighted by Gasteiger charge is 2.45. The second-order valence-electron chi connectivity index (χ2n) is 9.08. The summed E-state index contributed by atoms with van der Waals surface area (Å²) in [6.45, 7) is 9.66. The summed E-state index contributed by atoms with van der Waals surface area (Å²) in [6, 6.07) is 2.77. The van der Waals surface area contributed by atoms with Gasteiger partial charge in [-0.1, -0.05) is 34.1 Å². The van der Waals surface area contributed by atoms with Gasteiger partial charge in [0.05, 0.1) is 10.6 Å². The first-order valence-corrected chi connectivity index (χ1v) is 15.4. The summed E-state index contributed by atoms with van der Waals surface area (Å²) in [5.74, 6) is 0.0973. The standard InChI is InChI=1S/C23H39N7O4S2/c1-6-28(7-2)35(31,32)18-15-17(5)20(19(16-18)36(33,34)29(8-3)9-4)30-22(25)26-21(24)27-23(30)13-11-10-12-14-23/h15-16H,6-14H2,1-5H3,(H4,24,25,26,27). The maximum Gasteiger partial charge on any atom is 0.245 e. The number of benzene rings is 1. The summed E-state index contributed by atoms with van der Waals surface area (Å²) in [5.41, 5.74) is 12.3. The zero-order valence-electron chi connectivity index (χ0n) is 21.9. The van der Waals surface area contributed by atoms with Crippen LogP contribution >= 0.6 is 0 Å². The first kappa shape index (κ1) is 28.4. The Morgan fingerprint density at radius 2 is 1.42 bits per heavy atom. The van der Waals surface area contributed by atoms with Gasteiger partial charge in [0.1, 0.15) is 10.6 Å². The molecule has 0 unspecified atom stereocenters. The highest BCUT2D eigenvalue weighted by atomic mass is 32.2. The number of anilines is 1. The van der Waals surface area contributed by atoms with Gasteiger partial charge in [-0.3, -0.25) is 4.90 Å².